The number of nitriles is 1. The molecule has 0 heterocycles. The molecule has 0 aliphatic carbocycles. The lowest BCUT2D eigenvalue weighted by Gasteiger charge is -2.20. The van der Waals surface area contributed by atoms with Gasteiger partial charge in [0.15, 0.2) is 0 Å². The first-order valence-electron chi connectivity index (χ1n) is 7.83. The van der Waals surface area contributed by atoms with Gasteiger partial charge in [0.1, 0.15) is 11.6 Å². The molecule has 0 saturated heterocycles. The number of hydrogen-bond acceptors (Lipinski definition) is 3. The Morgan fingerprint density at radius 1 is 1.10 bits per heavy atom. The zero-order valence-corrected chi connectivity index (χ0v) is 13.2. The Hall–Kier alpha value is -1.50. The van der Waals surface area contributed by atoms with Crippen molar-refractivity contribution in [3.05, 3.63) is 11.8 Å². The number of hydrogen-bond donors (Lipinski definition) is 1. The third-order valence-corrected chi connectivity index (χ3v) is 3.09. The molecular formula is C16H29N3O. The minimum atomic E-state index is -0.251. The Morgan fingerprint density at radius 3 is 2.10 bits per heavy atom. The van der Waals surface area contributed by atoms with Gasteiger partial charge in [-0.3, -0.25) is 4.79 Å². The highest BCUT2D eigenvalue weighted by atomic mass is 16.1. The fourth-order valence-electron chi connectivity index (χ4n) is 1.76. The van der Waals surface area contributed by atoms with E-state index in [0.29, 0.717) is 6.54 Å². The fourth-order valence-corrected chi connectivity index (χ4v) is 1.76. The number of unbranched alkanes of at least 4 members (excludes halogenated alkanes) is 3. The number of nitrogens with one attached hydrogen (secondary N) is 1. The van der Waals surface area contributed by atoms with E-state index in [9.17, 15) is 4.79 Å². The Balaban J connectivity index is 4.58. The quantitative estimate of drug-likeness (QED) is 0.359. The second-order valence-electron chi connectivity index (χ2n) is 5.01. The zero-order valence-electron chi connectivity index (χ0n) is 13.2. The molecule has 0 aromatic rings. The molecule has 4 heteroatoms. The molecule has 0 aliphatic rings. The van der Waals surface area contributed by atoms with Gasteiger partial charge in [-0.25, -0.2) is 0 Å². The van der Waals surface area contributed by atoms with E-state index in [0.717, 1.165) is 51.6 Å². The lowest BCUT2D eigenvalue weighted by atomic mass is 10.2. The SMILES string of the molecule is CCCCNC(=O)/C(C#N)=C\N(CCCC)CCCC. The van der Waals surface area contributed by atoms with Crippen molar-refractivity contribution in [3.8, 4) is 6.07 Å². The number of rotatable bonds is 11. The third-order valence-electron chi connectivity index (χ3n) is 3.09. The van der Waals surface area contributed by atoms with Crippen LogP contribution in [0.4, 0.5) is 0 Å². The van der Waals surface area contributed by atoms with Crippen molar-refractivity contribution in [2.45, 2.75) is 59.3 Å². The number of carbonyl (C=O) groups is 1. The van der Waals surface area contributed by atoms with Gasteiger partial charge in [0.2, 0.25) is 0 Å². The van der Waals surface area contributed by atoms with Gasteiger partial charge in [-0.05, 0) is 19.3 Å². The van der Waals surface area contributed by atoms with Gasteiger partial charge in [0.05, 0.1) is 0 Å². The largest absolute Gasteiger partial charge is 0.376 e. The molecule has 0 rings (SSSR count). The summed E-state index contributed by atoms with van der Waals surface area (Å²) >= 11 is 0. The van der Waals surface area contributed by atoms with Gasteiger partial charge in [-0.1, -0.05) is 40.0 Å². The average Bonchev–Trinajstić information content (AvgIpc) is 2.46. The minimum Gasteiger partial charge on any atom is -0.376 e. The number of carbonyl (C=O) groups excluding carboxylic acids is 1. The van der Waals surface area contributed by atoms with E-state index >= 15 is 0 Å². The molecule has 20 heavy (non-hydrogen) atoms. The van der Waals surface area contributed by atoms with Crippen molar-refractivity contribution >= 4 is 5.91 Å². The topological polar surface area (TPSA) is 56.1 Å². The van der Waals surface area contributed by atoms with Crippen LogP contribution in [-0.2, 0) is 4.79 Å². The maximum absolute atomic E-state index is 11.9. The first-order chi connectivity index (χ1) is 9.69. The highest BCUT2D eigenvalue weighted by Gasteiger charge is 2.10. The Morgan fingerprint density at radius 2 is 1.65 bits per heavy atom. The molecule has 0 unspecified atom stereocenters. The van der Waals surface area contributed by atoms with E-state index in [1.54, 1.807) is 6.20 Å². The monoisotopic (exact) mass is 279 g/mol. The average molecular weight is 279 g/mol. The highest BCUT2D eigenvalue weighted by Crippen LogP contribution is 2.04. The van der Waals surface area contributed by atoms with Gasteiger partial charge in [-0.2, -0.15) is 5.26 Å². The van der Waals surface area contributed by atoms with Crippen LogP contribution >= 0.6 is 0 Å². The van der Waals surface area contributed by atoms with Gasteiger partial charge in [0, 0.05) is 25.8 Å². The van der Waals surface area contributed by atoms with Crippen LogP contribution in [0.5, 0.6) is 0 Å². The smallest absolute Gasteiger partial charge is 0.263 e. The Bertz CT molecular complexity index is 323. The first kappa shape index (κ1) is 18.5. The summed E-state index contributed by atoms with van der Waals surface area (Å²) in [5, 5.41) is 11.9. The van der Waals surface area contributed by atoms with Crippen LogP contribution in [0.3, 0.4) is 0 Å². The van der Waals surface area contributed by atoms with Crippen LogP contribution in [-0.4, -0.2) is 30.4 Å². The zero-order chi connectivity index (χ0) is 15.2. The van der Waals surface area contributed by atoms with Crippen LogP contribution in [0.2, 0.25) is 0 Å². The van der Waals surface area contributed by atoms with Crippen LogP contribution in [0.1, 0.15) is 59.3 Å². The van der Waals surface area contributed by atoms with E-state index in [1.807, 2.05) is 6.07 Å². The third kappa shape index (κ3) is 8.58. The Kier molecular flexibility index (Phi) is 11.6. The maximum Gasteiger partial charge on any atom is 0.263 e. The first-order valence-corrected chi connectivity index (χ1v) is 7.83. The van der Waals surface area contributed by atoms with Crippen LogP contribution < -0.4 is 5.32 Å². The highest BCUT2D eigenvalue weighted by molar-refractivity contribution is 5.97. The molecule has 0 bridgehead atoms. The summed E-state index contributed by atoms with van der Waals surface area (Å²) in [6.07, 6.45) is 8.09. The summed E-state index contributed by atoms with van der Waals surface area (Å²) in [6, 6.07) is 2.02. The van der Waals surface area contributed by atoms with E-state index in [4.69, 9.17) is 5.26 Å². The summed E-state index contributed by atoms with van der Waals surface area (Å²) in [5.74, 6) is -0.251. The standard InChI is InChI=1S/C16H29N3O/c1-4-7-10-18-16(20)15(13-17)14-19(11-8-5-2)12-9-6-3/h14H,4-12H2,1-3H3,(H,18,20)/b15-14-. The van der Waals surface area contributed by atoms with Crippen molar-refractivity contribution < 1.29 is 4.79 Å². The second-order valence-corrected chi connectivity index (χ2v) is 5.01. The molecule has 0 atom stereocenters. The van der Waals surface area contributed by atoms with Gasteiger partial charge < -0.3 is 10.2 Å². The molecule has 114 valence electrons. The molecule has 0 aromatic heterocycles. The normalized spacial score (nSPS) is 11.0. The van der Waals surface area contributed by atoms with E-state index < -0.39 is 0 Å². The molecule has 1 amide bonds. The van der Waals surface area contributed by atoms with E-state index in [-0.39, 0.29) is 11.5 Å². The number of nitrogens with zero attached hydrogens (tertiary/aromatic N) is 2. The summed E-state index contributed by atoms with van der Waals surface area (Å²) < 4.78 is 0. The van der Waals surface area contributed by atoms with E-state index in [2.05, 4.69) is 31.0 Å². The fraction of sp³-hybridized carbons (Fsp3) is 0.750. The van der Waals surface area contributed by atoms with Gasteiger partial charge in [-0.15, -0.1) is 0 Å². The minimum absolute atomic E-state index is 0.216. The molecule has 1 N–H and O–H groups in total. The molecule has 4 nitrogen and oxygen atoms in total. The van der Waals surface area contributed by atoms with Gasteiger partial charge >= 0.3 is 0 Å². The van der Waals surface area contributed by atoms with E-state index in [1.165, 1.54) is 0 Å². The maximum atomic E-state index is 11.9. The predicted octanol–water partition coefficient (Wildman–Crippen LogP) is 3.21. The van der Waals surface area contributed by atoms with Crippen LogP contribution in [0.25, 0.3) is 0 Å². The van der Waals surface area contributed by atoms with Crippen LogP contribution in [0.15, 0.2) is 11.8 Å². The van der Waals surface area contributed by atoms with Gasteiger partial charge in [0.25, 0.3) is 5.91 Å². The van der Waals surface area contributed by atoms with Crippen LogP contribution in [0, 0.1) is 11.3 Å². The van der Waals surface area contributed by atoms with Crippen molar-refractivity contribution in [3.63, 3.8) is 0 Å². The molecule has 0 aromatic carbocycles. The second kappa shape index (κ2) is 12.5. The summed E-state index contributed by atoms with van der Waals surface area (Å²) in [5.41, 5.74) is 0.216. The Labute approximate surface area is 123 Å². The summed E-state index contributed by atoms with van der Waals surface area (Å²) in [7, 11) is 0. The lowest BCUT2D eigenvalue weighted by Crippen LogP contribution is -2.28. The predicted molar refractivity (Wildman–Crippen MR) is 83.0 cm³/mol. The van der Waals surface area contributed by atoms with Crippen molar-refractivity contribution in [2.24, 2.45) is 0 Å². The van der Waals surface area contributed by atoms with Crippen molar-refractivity contribution in [1.29, 1.82) is 5.26 Å². The summed E-state index contributed by atoms with van der Waals surface area (Å²) in [4.78, 5) is 14.0. The molecular weight excluding hydrogens is 250 g/mol. The molecule has 0 aliphatic heterocycles. The number of amides is 1. The molecule has 0 spiro atoms. The molecule has 0 fully saturated rings. The van der Waals surface area contributed by atoms with Crippen molar-refractivity contribution in [2.75, 3.05) is 19.6 Å². The molecule has 0 saturated carbocycles. The lowest BCUT2D eigenvalue weighted by molar-refractivity contribution is -0.117. The summed E-state index contributed by atoms with van der Waals surface area (Å²) in [6.45, 7) is 8.81. The molecule has 0 radical (unpaired) electrons. The van der Waals surface area contributed by atoms with Crippen molar-refractivity contribution in [1.82, 2.24) is 10.2 Å².